The Balaban J connectivity index is 1.92. The Hall–Kier alpha value is -2.02. The molecule has 1 aliphatic rings. The fraction of sp³-hybridized carbons (Fsp3) is 0.308. The number of nitrogens with one attached hydrogen (secondary N) is 1. The summed E-state index contributed by atoms with van der Waals surface area (Å²) in [5.41, 5.74) is 1.18. The van der Waals surface area contributed by atoms with Crippen LogP contribution in [0.25, 0.3) is 0 Å². The van der Waals surface area contributed by atoms with Crippen LogP contribution in [0.1, 0.15) is 17.3 Å². The van der Waals surface area contributed by atoms with Crippen LogP contribution in [0.2, 0.25) is 0 Å². The van der Waals surface area contributed by atoms with Crippen LogP contribution in [0, 0.1) is 0 Å². The highest BCUT2D eigenvalue weighted by molar-refractivity contribution is 8.14. The van der Waals surface area contributed by atoms with Crippen molar-refractivity contribution in [2.75, 3.05) is 24.3 Å². The second-order valence-corrected chi connectivity index (χ2v) is 4.94. The van der Waals surface area contributed by atoms with Crippen molar-refractivity contribution < 1.29 is 19.1 Å². The summed E-state index contributed by atoms with van der Waals surface area (Å²) in [6.07, 6.45) is 0. The predicted octanol–water partition coefficient (Wildman–Crippen LogP) is 1.93. The molecule has 20 heavy (non-hydrogen) atoms. The van der Waals surface area contributed by atoms with Crippen LogP contribution < -0.4 is 5.32 Å². The molecule has 1 aromatic carbocycles. The van der Waals surface area contributed by atoms with E-state index >= 15 is 0 Å². The minimum absolute atomic E-state index is 0.128. The average Bonchev–Trinajstić information content (AvgIpc) is 2.77. The minimum Gasteiger partial charge on any atom is -0.462 e. The molecule has 2 amide bonds. The van der Waals surface area contributed by atoms with Gasteiger partial charge in [0, 0.05) is 5.69 Å². The van der Waals surface area contributed by atoms with Gasteiger partial charge in [0.25, 0.3) is 5.24 Å². The first kappa shape index (κ1) is 14.4. The molecule has 2 rings (SSSR count). The second kappa shape index (κ2) is 6.42. The number of carbonyl (C=O) groups is 3. The Morgan fingerprint density at radius 1 is 1.35 bits per heavy atom. The molecular weight excluding hydrogens is 280 g/mol. The first-order valence-electron chi connectivity index (χ1n) is 6.10. The fourth-order valence-electron chi connectivity index (χ4n) is 1.64. The van der Waals surface area contributed by atoms with Gasteiger partial charge >= 0.3 is 5.97 Å². The van der Waals surface area contributed by atoms with Gasteiger partial charge in [-0.05, 0) is 31.2 Å². The maximum atomic E-state index is 11.5. The summed E-state index contributed by atoms with van der Waals surface area (Å²) in [6, 6.07) is 6.65. The van der Waals surface area contributed by atoms with Crippen molar-refractivity contribution >= 4 is 34.6 Å². The first-order chi connectivity index (χ1) is 9.61. The van der Waals surface area contributed by atoms with E-state index in [0.717, 1.165) is 22.3 Å². The Labute approximate surface area is 120 Å². The number of hydrogen-bond acceptors (Lipinski definition) is 6. The lowest BCUT2D eigenvalue weighted by molar-refractivity contribution is -0.124. The zero-order valence-corrected chi connectivity index (χ0v) is 11.7. The number of ether oxygens (including phenoxy) is 1. The van der Waals surface area contributed by atoms with Crippen molar-refractivity contribution in [1.82, 2.24) is 4.90 Å². The predicted molar refractivity (Wildman–Crippen MR) is 75.6 cm³/mol. The van der Waals surface area contributed by atoms with E-state index in [1.165, 1.54) is 0 Å². The highest BCUT2D eigenvalue weighted by Crippen LogP contribution is 2.19. The van der Waals surface area contributed by atoms with Crippen LogP contribution in [0.15, 0.2) is 24.3 Å². The van der Waals surface area contributed by atoms with E-state index in [-0.39, 0.29) is 29.5 Å². The molecule has 0 bridgehead atoms. The van der Waals surface area contributed by atoms with Crippen LogP contribution in [0.4, 0.5) is 10.5 Å². The molecule has 1 aromatic rings. The average molecular weight is 294 g/mol. The van der Waals surface area contributed by atoms with Gasteiger partial charge < -0.3 is 10.1 Å². The largest absolute Gasteiger partial charge is 0.462 e. The van der Waals surface area contributed by atoms with E-state index in [4.69, 9.17) is 4.74 Å². The maximum Gasteiger partial charge on any atom is 0.338 e. The Morgan fingerprint density at radius 2 is 2.05 bits per heavy atom. The lowest BCUT2D eigenvalue weighted by atomic mass is 10.2. The summed E-state index contributed by atoms with van der Waals surface area (Å²) >= 11 is 0.997. The van der Waals surface area contributed by atoms with Gasteiger partial charge in [-0.25, -0.2) is 4.79 Å². The molecule has 6 nitrogen and oxygen atoms in total. The summed E-state index contributed by atoms with van der Waals surface area (Å²) in [6.45, 7) is 2.20. The fourth-order valence-corrected chi connectivity index (χ4v) is 2.37. The van der Waals surface area contributed by atoms with Crippen molar-refractivity contribution in [3.63, 3.8) is 0 Å². The van der Waals surface area contributed by atoms with E-state index in [1.807, 2.05) is 0 Å². The van der Waals surface area contributed by atoms with Crippen molar-refractivity contribution in [3.8, 4) is 0 Å². The number of anilines is 1. The summed E-state index contributed by atoms with van der Waals surface area (Å²) in [5.74, 6) is -0.376. The lowest BCUT2D eigenvalue weighted by Crippen LogP contribution is -2.33. The van der Waals surface area contributed by atoms with E-state index in [9.17, 15) is 14.4 Å². The number of nitrogens with zero attached hydrogens (tertiary/aromatic N) is 1. The summed E-state index contributed by atoms with van der Waals surface area (Å²) in [4.78, 5) is 35.4. The molecule has 0 saturated carbocycles. The number of thioether (sulfide) groups is 1. The Kier molecular flexibility index (Phi) is 4.62. The molecule has 106 valence electrons. The topological polar surface area (TPSA) is 75.7 Å². The van der Waals surface area contributed by atoms with Crippen molar-refractivity contribution in [3.05, 3.63) is 29.8 Å². The molecule has 1 heterocycles. The molecule has 0 unspecified atom stereocenters. The third-order valence-electron chi connectivity index (χ3n) is 2.68. The molecular formula is C13H14N2O4S. The first-order valence-corrected chi connectivity index (χ1v) is 7.08. The van der Waals surface area contributed by atoms with E-state index < -0.39 is 0 Å². The molecule has 0 aliphatic carbocycles. The summed E-state index contributed by atoms with van der Waals surface area (Å²) in [5, 5.41) is 2.72. The zero-order chi connectivity index (χ0) is 14.5. The van der Waals surface area contributed by atoms with Gasteiger partial charge in [0.15, 0.2) is 0 Å². The normalized spacial score (nSPS) is 14.6. The van der Waals surface area contributed by atoms with Gasteiger partial charge in [-0.3, -0.25) is 14.5 Å². The lowest BCUT2D eigenvalue weighted by Gasteiger charge is -2.14. The van der Waals surface area contributed by atoms with Gasteiger partial charge in [-0.1, -0.05) is 11.8 Å². The quantitative estimate of drug-likeness (QED) is 0.836. The second-order valence-electron chi connectivity index (χ2n) is 4.01. The van der Waals surface area contributed by atoms with Crippen LogP contribution in [0.5, 0.6) is 0 Å². The van der Waals surface area contributed by atoms with Gasteiger partial charge in [-0.15, -0.1) is 0 Å². The van der Waals surface area contributed by atoms with Crippen molar-refractivity contribution in [1.29, 1.82) is 0 Å². The number of benzene rings is 1. The van der Waals surface area contributed by atoms with Crippen molar-refractivity contribution in [2.24, 2.45) is 0 Å². The molecule has 7 heteroatoms. The number of hydrogen-bond donors (Lipinski definition) is 1. The standard InChI is InChI=1S/C13H14N2O4S/c1-2-19-12(17)9-3-5-10(6-4-9)14-8-15-11(16)7-20-13(15)18/h3-6,14H,2,7-8H2,1H3. The number of esters is 1. The number of rotatable bonds is 5. The number of carbonyl (C=O) groups excluding carboxylic acids is 3. The van der Waals surface area contributed by atoms with Crippen LogP contribution in [0.3, 0.4) is 0 Å². The van der Waals surface area contributed by atoms with Gasteiger partial charge in [-0.2, -0.15) is 0 Å². The summed E-state index contributed by atoms with van der Waals surface area (Å²) in [7, 11) is 0. The molecule has 0 aromatic heterocycles. The number of amides is 2. The highest BCUT2D eigenvalue weighted by Gasteiger charge is 2.29. The molecule has 0 atom stereocenters. The summed E-state index contributed by atoms with van der Waals surface area (Å²) < 4.78 is 4.88. The Morgan fingerprint density at radius 3 is 2.60 bits per heavy atom. The van der Waals surface area contributed by atoms with Crippen molar-refractivity contribution in [2.45, 2.75) is 6.92 Å². The SMILES string of the molecule is CCOC(=O)c1ccc(NCN2C(=O)CSC2=O)cc1. The van der Waals surface area contributed by atoms with Gasteiger partial charge in [0.1, 0.15) is 0 Å². The molecule has 0 radical (unpaired) electrons. The van der Waals surface area contributed by atoms with E-state index in [1.54, 1.807) is 31.2 Å². The smallest absolute Gasteiger partial charge is 0.338 e. The Bertz CT molecular complexity index is 514. The van der Waals surface area contributed by atoms with E-state index in [2.05, 4.69) is 5.32 Å². The third kappa shape index (κ3) is 3.30. The molecule has 1 N–H and O–H groups in total. The zero-order valence-electron chi connectivity index (χ0n) is 10.9. The number of imide groups is 1. The van der Waals surface area contributed by atoms with Crippen LogP contribution >= 0.6 is 11.8 Å². The third-order valence-corrected chi connectivity index (χ3v) is 3.54. The molecule has 1 aliphatic heterocycles. The highest BCUT2D eigenvalue weighted by atomic mass is 32.2. The molecule has 1 fully saturated rings. The monoisotopic (exact) mass is 294 g/mol. The van der Waals surface area contributed by atoms with Gasteiger partial charge in [0.05, 0.1) is 24.6 Å². The van der Waals surface area contributed by atoms with Crippen LogP contribution in [-0.2, 0) is 9.53 Å². The molecule has 1 saturated heterocycles. The van der Waals surface area contributed by atoms with Gasteiger partial charge in [0.2, 0.25) is 5.91 Å². The van der Waals surface area contributed by atoms with E-state index in [0.29, 0.717) is 12.2 Å². The molecule has 0 spiro atoms. The van der Waals surface area contributed by atoms with Crippen LogP contribution in [-0.4, -0.2) is 41.0 Å². The minimum atomic E-state index is -0.375. The maximum absolute atomic E-state index is 11.5.